The molecule has 9 heteroatoms. The summed E-state index contributed by atoms with van der Waals surface area (Å²) >= 11 is 0. The minimum atomic E-state index is -0.873. The molecule has 0 saturated carbocycles. The van der Waals surface area contributed by atoms with E-state index < -0.39 is 23.2 Å². The first-order valence-corrected chi connectivity index (χ1v) is 9.46. The van der Waals surface area contributed by atoms with Crippen LogP contribution in [0.25, 0.3) is 0 Å². The monoisotopic (exact) mass is 408 g/mol. The van der Waals surface area contributed by atoms with Crippen LogP contribution >= 0.6 is 0 Å². The molecule has 0 aliphatic carbocycles. The average molecular weight is 408 g/mol. The average Bonchev–Trinajstić information content (AvgIpc) is 3.12. The van der Waals surface area contributed by atoms with Crippen LogP contribution in [0.5, 0.6) is 0 Å². The number of aryl methyl sites for hydroxylation is 1. The molecule has 0 spiro atoms. The van der Waals surface area contributed by atoms with Crippen LogP contribution in [0.4, 0.5) is 14.5 Å². The Morgan fingerprint density at radius 1 is 1.21 bits per heavy atom. The van der Waals surface area contributed by atoms with Gasteiger partial charge in [-0.3, -0.25) is 9.59 Å². The molecule has 0 radical (unpaired) electrons. The molecule has 1 aromatic carbocycles. The number of para-hydroxylation sites is 1. The lowest BCUT2D eigenvalue weighted by Crippen LogP contribution is -2.38. The number of nitrogens with zero attached hydrogens (tertiary/aromatic N) is 3. The van der Waals surface area contributed by atoms with E-state index in [2.05, 4.69) is 15.5 Å². The summed E-state index contributed by atoms with van der Waals surface area (Å²) in [6, 6.07) is 3.30. The first-order valence-electron chi connectivity index (χ1n) is 9.46. The van der Waals surface area contributed by atoms with Gasteiger partial charge < -0.3 is 14.7 Å². The standard InChI is InChI=1S/C20H26F2N4O3/c1-5-26(12-15(27)23-18-13(21)8-6-9-14(18)22)17(28)11-7-10-16-24-19(25-29-16)20(2,3)4/h6,8-9H,5,7,10-12H2,1-4H3,(H,23,27). The van der Waals surface area contributed by atoms with Crippen molar-refractivity contribution in [2.45, 2.75) is 52.4 Å². The smallest absolute Gasteiger partial charge is 0.244 e. The van der Waals surface area contributed by atoms with Crippen LogP contribution in [-0.4, -0.2) is 39.9 Å². The summed E-state index contributed by atoms with van der Waals surface area (Å²) in [7, 11) is 0. The van der Waals surface area contributed by atoms with E-state index >= 15 is 0 Å². The predicted octanol–water partition coefficient (Wildman–Crippen LogP) is 3.46. The number of hydrogen-bond acceptors (Lipinski definition) is 5. The number of anilines is 1. The second kappa shape index (κ2) is 9.58. The highest BCUT2D eigenvalue weighted by molar-refractivity contribution is 5.94. The zero-order valence-corrected chi connectivity index (χ0v) is 17.1. The molecule has 2 amide bonds. The Kier molecular flexibility index (Phi) is 7.41. The normalized spacial score (nSPS) is 11.4. The fourth-order valence-electron chi connectivity index (χ4n) is 2.56. The van der Waals surface area contributed by atoms with E-state index in [0.717, 1.165) is 12.1 Å². The van der Waals surface area contributed by atoms with Gasteiger partial charge in [-0.05, 0) is 25.5 Å². The number of aromatic nitrogens is 2. The van der Waals surface area contributed by atoms with E-state index in [4.69, 9.17) is 4.52 Å². The van der Waals surface area contributed by atoms with Crippen molar-refractivity contribution in [3.8, 4) is 0 Å². The van der Waals surface area contributed by atoms with Crippen LogP contribution in [0.2, 0.25) is 0 Å². The quantitative estimate of drug-likeness (QED) is 0.723. The lowest BCUT2D eigenvalue weighted by molar-refractivity contribution is -0.134. The van der Waals surface area contributed by atoms with Crippen molar-refractivity contribution in [3.63, 3.8) is 0 Å². The minimum Gasteiger partial charge on any atom is -0.339 e. The Balaban J connectivity index is 1.85. The summed E-state index contributed by atoms with van der Waals surface area (Å²) < 4.78 is 32.5. The lowest BCUT2D eigenvalue weighted by atomic mass is 9.96. The molecular weight excluding hydrogens is 382 g/mol. The van der Waals surface area contributed by atoms with Gasteiger partial charge in [0, 0.05) is 24.8 Å². The van der Waals surface area contributed by atoms with Crippen molar-refractivity contribution in [3.05, 3.63) is 41.5 Å². The van der Waals surface area contributed by atoms with Crippen LogP contribution < -0.4 is 5.32 Å². The number of halogens is 2. The van der Waals surface area contributed by atoms with Gasteiger partial charge in [0.05, 0.1) is 6.54 Å². The third-order valence-electron chi connectivity index (χ3n) is 4.22. The van der Waals surface area contributed by atoms with E-state index in [1.165, 1.54) is 11.0 Å². The van der Waals surface area contributed by atoms with Crippen molar-refractivity contribution in [2.75, 3.05) is 18.4 Å². The molecule has 2 aromatic rings. The summed E-state index contributed by atoms with van der Waals surface area (Å²) in [5.41, 5.74) is -0.742. The molecule has 0 aliphatic heterocycles. The largest absolute Gasteiger partial charge is 0.339 e. The van der Waals surface area contributed by atoms with Gasteiger partial charge in [0.1, 0.15) is 17.3 Å². The molecule has 0 saturated heterocycles. The fourth-order valence-corrected chi connectivity index (χ4v) is 2.56. The number of carbonyl (C=O) groups excluding carboxylic acids is 2. The minimum absolute atomic E-state index is 0.183. The summed E-state index contributed by atoms with van der Waals surface area (Å²) in [4.78, 5) is 30.1. The predicted molar refractivity (Wildman–Crippen MR) is 103 cm³/mol. The van der Waals surface area contributed by atoms with Crippen LogP contribution in [-0.2, 0) is 21.4 Å². The third-order valence-corrected chi connectivity index (χ3v) is 4.22. The molecule has 0 atom stereocenters. The first-order chi connectivity index (χ1) is 13.6. The summed E-state index contributed by atoms with van der Waals surface area (Å²) in [5, 5.41) is 6.12. The number of nitrogens with one attached hydrogen (secondary N) is 1. The zero-order chi connectivity index (χ0) is 21.6. The van der Waals surface area contributed by atoms with Gasteiger partial charge in [-0.25, -0.2) is 8.78 Å². The molecule has 2 rings (SSSR count). The molecule has 29 heavy (non-hydrogen) atoms. The van der Waals surface area contributed by atoms with Crippen LogP contribution in [0.1, 0.15) is 52.3 Å². The maximum atomic E-state index is 13.6. The number of likely N-dealkylation sites (N-methyl/N-ethyl adjacent to an activating group) is 1. The van der Waals surface area contributed by atoms with E-state index in [1.807, 2.05) is 20.8 Å². The van der Waals surface area contributed by atoms with Crippen molar-refractivity contribution in [1.29, 1.82) is 0 Å². The maximum Gasteiger partial charge on any atom is 0.244 e. The van der Waals surface area contributed by atoms with Gasteiger partial charge in [0.15, 0.2) is 5.82 Å². The lowest BCUT2D eigenvalue weighted by Gasteiger charge is -2.20. The van der Waals surface area contributed by atoms with Gasteiger partial charge in [0.2, 0.25) is 17.7 Å². The highest BCUT2D eigenvalue weighted by Gasteiger charge is 2.21. The molecule has 7 nitrogen and oxygen atoms in total. The number of amides is 2. The SMILES string of the molecule is CCN(CC(=O)Nc1c(F)cccc1F)C(=O)CCCc1nc(C(C)(C)C)no1. The molecule has 0 fully saturated rings. The van der Waals surface area contributed by atoms with Crippen molar-refractivity contribution in [2.24, 2.45) is 0 Å². The Morgan fingerprint density at radius 2 is 1.86 bits per heavy atom. The second-order valence-corrected chi connectivity index (χ2v) is 7.67. The molecule has 0 aliphatic rings. The van der Waals surface area contributed by atoms with Gasteiger partial charge in [0.25, 0.3) is 0 Å². The van der Waals surface area contributed by atoms with Gasteiger partial charge in [-0.15, -0.1) is 0 Å². The number of hydrogen-bond donors (Lipinski definition) is 1. The number of carbonyl (C=O) groups is 2. The van der Waals surface area contributed by atoms with Crippen molar-refractivity contribution in [1.82, 2.24) is 15.0 Å². The Morgan fingerprint density at radius 3 is 2.41 bits per heavy atom. The van der Waals surface area contributed by atoms with E-state index in [0.29, 0.717) is 31.1 Å². The molecule has 158 valence electrons. The molecule has 1 N–H and O–H groups in total. The summed E-state index contributed by atoms with van der Waals surface area (Å²) in [6.07, 6.45) is 1.10. The van der Waals surface area contributed by atoms with Crippen LogP contribution in [0.15, 0.2) is 22.7 Å². The molecule has 0 bridgehead atoms. The fraction of sp³-hybridized carbons (Fsp3) is 0.500. The van der Waals surface area contributed by atoms with E-state index in [9.17, 15) is 18.4 Å². The first kappa shape index (κ1) is 22.4. The van der Waals surface area contributed by atoms with Crippen molar-refractivity contribution >= 4 is 17.5 Å². The number of benzene rings is 1. The van der Waals surface area contributed by atoms with Crippen LogP contribution in [0.3, 0.4) is 0 Å². The van der Waals surface area contributed by atoms with Crippen LogP contribution in [0, 0.1) is 11.6 Å². The van der Waals surface area contributed by atoms with Gasteiger partial charge in [-0.2, -0.15) is 4.98 Å². The third kappa shape index (κ3) is 6.33. The van der Waals surface area contributed by atoms with E-state index in [-0.39, 0.29) is 24.3 Å². The Hall–Kier alpha value is -2.84. The highest BCUT2D eigenvalue weighted by atomic mass is 19.1. The Bertz CT molecular complexity index is 841. The summed E-state index contributed by atoms with van der Waals surface area (Å²) in [5.74, 6) is -1.60. The zero-order valence-electron chi connectivity index (χ0n) is 17.1. The molecule has 1 heterocycles. The highest BCUT2D eigenvalue weighted by Crippen LogP contribution is 2.19. The topological polar surface area (TPSA) is 88.3 Å². The Labute approximate surface area is 168 Å². The van der Waals surface area contributed by atoms with E-state index in [1.54, 1.807) is 6.92 Å². The van der Waals surface area contributed by atoms with Gasteiger partial charge >= 0.3 is 0 Å². The van der Waals surface area contributed by atoms with Crippen molar-refractivity contribution < 1.29 is 22.9 Å². The molecular formula is C20H26F2N4O3. The summed E-state index contributed by atoms with van der Waals surface area (Å²) in [6.45, 7) is 7.65. The molecule has 0 unspecified atom stereocenters. The van der Waals surface area contributed by atoms with Gasteiger partial charge in [-0.1, -0.05) is 32.0 Å². The number of rotatable bonds is 8. The second-order valence-electron chi connectivity index (χ2n) is 7.67. The molecule has 1 aromatic heterocycles. The maximum absolute atomic E-state index is 13.6.